The number of hydrogen-bond acceptors (Lipinski definition) is 1. The third-order valence-corrected chi connectivity index (χ3v) is 4.60. The highest BCUT2D eigenvalue weighted by Crippen LogP contribution is 2.15. The summed E-state index contributed by atoms with van der Waals surface area (Å²) in [6, 6.07) is 15.0. The highest BCUT2D eigenvalue weighted by atomic mass is 28.2. The molecule has 1 aromatic carbocycles. The SMILES string of the molecule is COC1CCC[SiH2]C1.c1ccccc1. The van der Waals surface area contributed by atoms with Gasteiger partial charge in [-0.2, -0.15) is 0 Å². The fraction of sp³-hybridized carbons (Fsp3) is 0.500. The predicted octanol–water partition coefficient (Wildman–Crippen LogP) is 2.49. The molecule has 1 heterocycles. The second kappa shape index (κ2) is 7.77. The van der Waals surface area contributed by atoms with Crippen molar-refractivity contribution in [2.75, 3.05) is 7.11 Å². The van der Waals surface area contributed by atoms with Crippen LogP contribution in [-0.4, -0.2) is 22.7 Å². The lowest BCUT2D eigenvalue weighted by Crippen LogP contribution is -2.17. The Morgan fingerprint density at radius 1 is 1.07 bits per heavy atom. The van der Waals surface area contributed by atoms with Crippen LogP contribution in [0.2, 0.25) is 12.1 Å². The van der Waals surface area contributed by atoms with Crippen LogP contribution in [0.25, 0.3) is 0 Å². The fourth-order valence-electron chi connectivity index (χ4n) is 1.69. The van der Waals surface area contributed by atoms with Crippen molar-refractivity contribution in [3.8, 4) is 0 Å². The number of rotatable bonds is 1. The lowest BCUT2D eigenvalue weighted by Gasteiger charge is -2.18. The molecule has 0 radical (unpaired) electrons. The van der Waals surface area contributed by atoms with Gasteiger partial charge in [0.1, 0.15) is 0 Å². The second-order valence-electron chi connectivity index (χ2n) is 3.65. The van der Waals surface area contributed by atoms with Crippen molar-refractivity contribution in [3.05, 3.63) is 36.4 Å². The van der Waals surface area contributed by atoms with Gasteiger partial charge >= 0.3 is 0 Å². The van der Waals surface area contributed by atoms with Crippen molar-refractivity contribution in [1.29, 1.82) is 0 Å². The van der Waals surface area contributed by atoms with Gasteiger partial charge in [-0.25, -0.2) is 0 Å². The molecule has 2 rings (SSSR count). The Labute approximate surface area is 89.3 Å². The molecule has 1 aromatic rings. The van der Waals surface area contributed by atoms with Gasteiger partial charge in [-0.15, -0.1) is 0 Å². The third kappa shape index (κ3) is 5.20. The molecular weight excluding hydrogens is 188 g/mol. The summed E-state index contributed by atoms with van der Waals surface area (Å²) in [6.07, 6.45) is 3.41. The highest BCUT2D eigenvalue weighted by molar-refractivity contribution is 6.35. The summed E-state index contributed by atoms with van der Waals surface area (Å²) in [5.41, 5.74) is 0. The Morgan fingerprint density at radius 2 is 1.64 bits per heavy atom. The van der Waals surface area contributed by atoms with E-state index < -0.39 is 0 Å². The Kier molecular flexibility index (Phi) is 6.37. The largest absolute Gasteiger partial charge is 0.382 e. The molecule has 1 nitrogen and oxygen atoms in total. The van der Waals surface area contributed by atoms with Crippen LogP contribution in [0.15, 0.2) is 36.4 Å². The average Bonchev–Trinajstić information content (AvgIpc) is 2.33. The molecule has 0 saturated carbocycles. The topological polar surface area (TPSA) is 9.23 Å². The summed E-state index contributed by atoms with van der Waals surface area (Å²) in [4.78, 5) is 0. The monoisotopic (exact) mass is 208 g/mol. The van der Waals surface area contributed by atoms with E-state index in [1.807, 2.05) is 43.5 Å². The molecule has 2 heteroatoms. The van der Waals surface area contributed by atoms with Crippen LogP contribution in [0.1, 0.15) is 12.8 Å². The van der Waals surface area contributed by atoms with Gasteiger partial charge in [0.25, 0.3) is 0 Å². The van der Waals surface area contributed by atoms with Crippen molar-refractivity contribution in [2.24, 2.45) is 0 Å². The van der Waals surface area contributed by atoms with Crippen molar-refractivity contribution < 1.29 is 4.74 Å². The molecule has 0 amide bonds. The Bertz CT molecular complexity index is 180. The van der Waals surface area contributed by atoms with Gasteiger partial charge in [0.05, 0.1) is 6.10 Å². The summed E-state index contributed by atoms with van der Waals surface area (Å²) >= 11 is 0. The van der Waals surface area contributed by atoms with Gasteiger partial charge in [-0.1, -0.05) is 48.9 Å². The first-order chi connectivity index (χ1) is 6.93. The minimum atomic E-state index is 0.325. The van der Waals surface area contributed by atoms with Gasteiger partial charge < -0.3 is 4.74 Å². The van der Waals surface area contributed by atoms with Gasteiger partial charge in [0.2, 0.25) is 0 Å². The van der Waals surface area contributed by atoms with Crippen LogP contribution in [0.5, 0.6) is 0 Å². The molecule has 14 heavy (non-hydrogen) atoms. The molecule has 1 unspecified atom stereocenters. The van der Waals surface area contributed by atoms with E-state index in [1.165, 1.54) is 18.9 Å². The molecule has 1 atom stereocenters. The molecule has 1 aliphatic rings. The van der Waals surface area contributed by atoms with Gasteiger partial charge in [-0.05, 0) is 12.5 Å². The first-order valence-corrected chi connectivity index (χ1v) is 7.46. The average molecular weight is 208 g/mol. The van der Waals surface area contributed by atoms with E-state index in [2.05, 4.69) is 0 Å². The smallest absolute Gasteiger partial charge is 0.0542 e. The lowest BCUT2D eigenvalue weighted by molar-refractivity contribution is 0.107. The Morgan fingerprint density at radius 3 is 1.93 bits per heavy atom. The van der Waals surface area contributed by atoms with Crippen LogP contribution in [0.4, 0.5) is 0 Å². The molecule has 0 spiro atoms. The molecule has 1 fully saturated rings. The summed E-state index contributed by atoms with van der Waals surface area (Å²) in [7, 11) is 2.16. The standard InChI is InChI=1S/C6H14OSi.C6H6/c1-7-6-3-2-4-8-5-6;1-2-4-6-5-3-1/h6H,2-5,8H2,1H3;1-6H. The minimum absolute atomic E-state index is 0.325. The summed E-state index contributed by atoms with van der Waals surface area (Å²) in [6.45, 7) is 0. The maximum absolute atomic E-state index is 5.23. The fourth-order valence-corrected chi connectivity index (χ4v) is 3.60. The van der Waals surface area contributed by atoms with E-state index in [0.29, 0.717) is 15.6 Å². The zero-order valence-corrected chi connectivity index (χ0v) is 10.4. The normalized spacial score (nSPS) is 22.5. The third-order valence-electron chi connectivity index (χ3n) is 2.55. The van der Waals surface area contributed by atoms with E-state index in [0.717, 1.165) is 0 Å². The first kappa shape index (κ1) is 11.5. The molecule has 1 aliphatic heterocycles. The first-order valence-electron chi connectivity index (χ1n) is 5.46. The van der Waals surface area contributed by atoms with Crippen molar-refractivity contribution in [1.82, 2.24) is 0 Å². The number of benzene rings is 1. The maximum Gasteiger partial charge on any atom is 0.0542 e. The highest BCUT2D eigenvalue weighted by Gasteiger charge is 2.11. The molecule has 0 aliphatic carbocycles. The van der Waals surface area contributed by atoms with Crippen molar-refractivity contribution in [3.63, 3.8) is 0 Å². The summed E-state index contributed by atoms with van der Waals surface area (Å²) in [5.74, 6) is 0. The van der Waals surface area contributed by atoms with E-state index in [1.54, 1.807) is 6.04 Å². The van der Waals surface area contributed by atoms with Gasteiger partial charge in [-0.3, -0.25) is 0 Å². The number of methoxy groups -OCH3 is 1. The molecule has 1 saturated heterocycles. The molecule has 0 N–H and O–H groups in total. The quantitative estimate of drug-likeness (QED) is 0.644. The van der Waals surface area contributed by atoms with Crippen molar-refractivity contribution >= 4 is 9.52 Å². The predicted molar refractivity (Wildman–Crippen MR) is 64.6 cm³/mol. The number of hydrogen-bond donors (Lipinski definition) is 0. The van der Waals surface area contributed by atoms with Crippen LogP contribution in [-0.2, 0) is 4.74 Å². The zero-order valence-electron chi connectivity index (χ0n) is 8.99. The van der Waals surface area contributed by atoms with Crippen LogP contribution in [0.3, 0.4) is 0 Å². The lowest BCUT2D eigenvalue weighted by atomic mass is 10.2. The van der Waals surface area contributed by atoms with E-state index >= 15 is 0 Å². The Balaban J connectivity index is 0.000000146. The zero-order chi connectivity index (χ0) is 10.1. The van der Waals surface area contributed by atoms with E-state index in [9.17, 15) is 0 Å². The molecule has 78 valence electrons. The maximum atomic E-state index is 5.23. The van der Waals surface area contributed by atoms with Crippen LogP contribution in [0, 0.1) is 0 Å². The van der Waals surface area contributed by atoms with Gasteiger partial charge in [0.15, 0.2) is 0 Å². The van der Waals surface area contributed by atoms with E-state index in [-0.39, 0.29) is 0 Å². The second-order valence-corrected chi connectivity index (χ2v) is 5.64. The molecule has 0 bridgehead atoms. The van der Waals surface area contributed by atoms with Crippen LogP contribution < -0.4 is 0 Å². The summed E-state index contributed by atoms with van der Waals surface area (Å²) < 4.78 is 5.23. The van der Waals surface area contributed by atoms with Gasteiger partial charge in [0, 0.05) is 16.6 Å². The van der Waals surface area contributed by atoms with E-state index in [4.69, 9.17) is 4.74 Å². The van der Waals surface area contributed by atoms with Crippen molar-refractivity contribution in [2.45, 2.75) is 31.0 Å². The summed E-state index contributed by atoms with van der Waals surface area (Å²) in [5, 5.41) is 0. The van der Waals surface area contributed by atoms with Crippen LogP contribution >= 0.6 is 0 Å². The number of ether oxygens (including phenoxy) is 1. The minimum Gasteiger partial charge on any atom is -0.382 e. The molecule has 0 aromatic heterocycles. The Hall–Kier alpha value is -0.603. The molecular formula is C12H20OSi.